The molecule has 1 aromatic rings. The first-order valence-electron chi connectivity index (χ1n) is 3.88. The molecule has 72 valence electrons. The smallest absolute Gasteiger partial charge is 0.356 e. The van der Waals surface area contributed by atoms with E-state index in [1.165, 1.54) is 7.11 Å². The van der Waals surface area contributed by atoms with Crippen molar-refractivity contribution in [2.75, 3.05) is 12.4 Å². The number of methoxy groups -OCH3 is 1. The van der Waals surface area contributed by atoms with Gasteiger partial charge in [-0.1, -0.05) is 27.9 Å². The minimum atomic E-state index is -0.451. The van der Waals surface area contributed by atoms with Crippen molar-refractivity contribution in [1.82, 2.24) is 4.98 Å². The minimum absolute atomic E-state index is 0.272. The Balaban J connectivity index is 2.95. The van der Waals surface area contributed by atoms with Crippen molar-refractivity contribution < 1.29 is 9.53 Å². The highest BCUT2D eigenvalue weighted by Crippen LogP contribution is 1.99. The average molecular weight is 254 g/mol. The van der Waals surface area contributed by atoms with Crippen LogP contribution in [0.2, 0.25) is 0 Å². The van der Waals surface area contributed by atoms with Crippen LogP contribution in [0.25, 0.3) is 0 Å². The lowest BCUT2D eigenvalue weighted by Gasteiger charge is -1.97. The van der Waals surface area contributed by atoms with Crippen LogP contribution in [0.5, 0.6) is 0 Å². The zero-order valence-corrected chi connectivity index (χ0v) is 9.17. The summed E-state index contributed by atoms with van der Waals surface area (Å²) in [7, 11) is 1.32. The van der Waals surface area contributed by atoms with Gasteiger partial charge in [-0.3, -0.25) is 0 Å². The molecule has 1 heterocycles. The number of halogens is 1. The molecule has 0 fully saturated rings. The molecule has 0 saturated carbocycles. The van der Waals surface area contributed by atoms with Gasteiger partial charge in [0.2, 0.25) is 0 Å². The lowest BCUT2D eigenvalue weighted by atomic mass is 10.3. The van der Waals surface area contributed by atoms with Crippen molar-refractivity contribution in [2.45, 2.75) is 0 Å². The van der Waals surface area contributed by atoms with Crippen LogP contribution in [0.15, 0.2) is 18.2 Å². The summed E-state index contributed by atoms with van der Waals surface area (Å²) in [5.74, 6) is 5.15. The molecule has 0 radical (unpaired) electrons. The van der Waals surface area contributed by atoms with Crippen LogP contribution < -0.4 is 0 Å². The van der Waals surface area contributed by atoms with Gasteiger partial charge in [-0.25, -0.2) is 9.78 Å². The Kier molecular flexibility index (Phi) is 4.14. The van der Waals surface area contributed by atoms with Gasteiger partial charge in [0.15, 0.2) is 0 Å². The summed E-state index contributed by atoms with van der Waals surface area (Å²) >= 11 is 3.17. The molecule has 0 bridgehead atoms. The van der Waals surface area contributed by atoms with Gasteiger partial charge in [-0.05, 0) is 18.1 Å². The SMILES string of the molecule is COC(=O)c1cccc(C#CCBr)n1. The van der Waals surface area contributed by atoms with Crippen molar-refractivity contribution >= 4 is 21.9 Å². The number of hydrogen-bond acceptors (Lipinski definition) is 3. The Morgan fingerprint density at radius 1 is 1.64 bits per heavy atom. The first-order valence-corrected chi connectivity index (χ1v) is 5.00. The molecule has 0 spiro atoms. The molecule has 3 nitrogen and oxygen atoms in total. The predicted molar refractivity (Wildman–Crippen MR) is 56.2 cm³/mol. The number of carbonyl (C=O) groups is 1. The third-order valence-electron chi connectivity index (χ3n) is 1.43. The van der Waals surface area contributed by atoms with Crippen molar-refractivity contribution in [3.05, 3.63) is 29.6 Å². The Labute approximate surface area is 90.6 Å². The van der Waals surface area contributed by atoms with Crippen molar-refractivity contribution in [1.29, 1.82) is 0 Å². The van der Waals surface area contributed by atoms with Gasteiger partial charge < -0.3 is 4.74 Å². The quantitative estimate of drug-likeness (QED) is 0.434. The molecule has 0 amide bonds. The number of nitrogens with zero attached hydrogens (tertiary/aromatic N) is 1. The van der Waals surface area contributed by atoms with E-state index in [1.807, 2.05) is 0 Å². The van der Waals surface area contributed by atoms with Crippen LogP contribution in [0, 0.1) is 11.8 Å². The number of hydrogen-bond donors (Lipinski definition) is 0. The van der Waals surface area contributed by atoms with Gasteiger partial charge >= 0.3 is 5.97 Å². The standard InChI is InChI=1S/C10H8BrNO2/c1-14-10(13)9-6-2-4-8(12-9)5-3-7-11/h2,4,6H,7H2,1H3. The fourth-order valence-electron chi connectivity index (χ4n) is 0.847. The highest BCUT2D eigenvalue weighted by Gasteiger charge is 2.05. The van der Waals surface area contributed by atoms with E-state index < -0.39 is 5.97 Å². The second-order valence-electron chi connectivity index (χ2n) is 2.34. The number of alkyl halides is 1. The second kappa shape index (κ2) is 5.40. The number of carbonyl (C=O) groups excluding carboxylic acids is 1. The summed E-state index contributed by atoms with van der Waals surface area (Å²) in [6, 6.07) is 5.05. The third kappa shape index (κ3) is 2.86. The summed E-state index contributed by atoms with van der Waals surface area (Å²) in [6.07, 6.45) is 0. The van der Waals surface area contributed by atoms with E-state index in [2.05, 4.69) is 37.5 Å². The van der Waals surface area contributed by atoms with Gasteiger partial charge in [0.1, 0.15) is 11.4 Å². The van der Waals surface area contributed by atoms with Gasteiger partial charge in [0.05, 0.1) is 12.4 Å². The summed E-state index contributed by atoms with van der Waals surface area (Å²) in [5, 5.41) is 0.580. The predicted octanol–water partition coefficient (Wildman–Crippen LogP) is 1.61. The van der Waals surface area contributed by atoms with E-state index in [4.69, 9.17) is 0 Å². The van der Waals surface area contributed by atoms with Gasteiger partial charge in [-0.2, -0.15) is 0 Å². The number of rotatable bonds is 1. The molecule has 0 aliphatic heterocycles. The van der Waals surface area contributed by atoms with Crippen LogP contribution in [-0.4, -0.2) is 23.4 Å². The fraction of sp³-hybridized carbons (Fsp3) is 0.200. The van der Waals surface area contributed by atoms with Crippen LogP contribution in [0.4, 0.5) is 0 Å². The first-order chi connectivity index (χ1) is 6.77. The lowest BCUT2D eigenvalue weighted by Crippen LogP contribution is -2.04. The second-order valence-corrected chi connectivity index (χ2v) is 2.90. The van der Waals surface area contributed by atoms with Gasteiger partial charge in [-0.15, -0.1) is 0 Å². The molecular formula is C10H8BrNO2. The number of esters is 1. The largest absolute Gasteiger partial charge is 0.464 e. The molecule has 0 atom stereocenters. The normalized spacial score (nSPS) is 8.71. The van der Waals surface area contributed by atoms with Crippen LogP contribution in [0.1, 0.15) is 16.2 Å². The minimum Gasteiger partial charge on any atom is -0.464 e. The first kappa shape index (κ1) is 10.7. The maximum Gasteiger partial charge on any atom is 0.356 e. The van der Waals surface area contributed by atoms with E-state index >= 15 is 0 Å². The number of ether oxygens (including phenoxy) is 1. The van der Waals surface area contributed by atoms with E-state index in [-0.39, 0.29) is 5.69 Å². The van der Waals surface area contributed by atoms with Gasteiger partial charge in [0.25, 0.3) is 0 Å². The lowest BCUT2D eigenvalue weighted by molar-refractivity contribution is 0.0594. The molecule has 4 heteroatoms. The van der Waals surface area contributed by atoms with Crippen molar-refractivity contribution in [3.8, 4) is 11.8 Å². The zero-order valence-electron chi connectivity index (χ0n) is 7.58. The highest BCUT2D eigenvalue weighted by molar-refractivity contribution is 9.09. The summed E-state index contributed by atoms with van der Waals surface area (Å²) in [4.78, 5) is 15.1. The zero-order chi connectivity index (χ0) is 10.4. The van der Waals surface area contributed by atoms with Crippen LogP contribution >= 0.6 is 15.9 Å². The molecule has 1 rings (SSSR count). The van der Waals surface area contributed by atoms with Crippen LogP contribution in [-0.2, 0) is 4.74 Å². The molecule has 0 unspecified atom stereocenters. The number of pyridine rings is 1. The Morgan fingerprint density at radius 3 is 3.07 bits per heavy atom. The average Bonchev–Trinajstić information content (AvgIpc) is 2.25. The molecule has 0 aliphatic carbocycles. The Hall–Kier alpha value is -1.34. The Morgan fingerprint density at radius 2 is 2.43 bits per heavy atom. The van der Waals surface area contributed by atoms with E-state index in [0.29, 0.717) is 11.0 Å². The molecule has 0 saturated heterocycles. The molecule has 0 N–H and O–H groups in total. The summed E-state index contributed by atoms with van der Waals surface area (Å²) in [6.45, 7) is 0. The molecular weight excluding hydrogens is 246 g/mol. The summed E-state index contributed by atoms with van der Waals surface area (Å²) in [5.41, 5.74) is 0.834. The molecule has 1 aromatic heterocycles. The van der Waals surface area contributed by atoms with E-state index in [9.17, 15) is 4.79 Å². The molecule has 14 heavy (non-hydrogen) atoms. The van der Waals surface area contributed by atoms with E-state index in [0.717, 1.165) is 0 Å². The molecule has 0 aromatic carbocycles. The maximum atomic E-state index is 11.1. The molecule has 0 aliphatic rings. The fourth-order valence-corrected chi connectivity index (χ4v) is 0.987. The van der Waals surface area contributed by atoms with E-state index in [1.54, 1.807) is 18.2 Å². The Bertz CT molecular complexity index is 393. The third-order valence-corrected chi connectivity index (χ3v) is 1.71. The van der Waals surface area contributed by atoms with Gasteiger partial charge in [0, 0.05) is 0 Å². The van der Waals surface area contributed by atoms with Crippen molar-refractivity contribution in [2.24, 2.45) is 0 Å². The topological polar surface area (TPSA) is 39.2 Å². The van der Waals surface area contributed by atoms with Crippen molar-refractivity contribution in [3.63, 3.8) is 0 Å². The maximum absolute atomic E-state index is 11.1. The monoisotopic (exact) mass is 253 g/mol. The van der Waals surface area contributed by atoms with Crippen LogP contribution in [0.3, 0.4) is 0 Å². The highest BCUT2D eigenvalue weighted by atomic mass is 79.9. The number of aromatic nitrogens is 1. The summed E-state index contributed by atoms with van der Waals surface area (Å²) < 4.78 is 4.54.